The largest absolute Gasteiger partial charge is 0.352 e. The van der Waals surface area contributed by atoms with Crippen molar-refractivity contribution < 1.29 is 0 Å². The molecule has 0 bridgehead atoms. The summed E-state index contributed by atoms with van der Waals surface area (Å²) in [5.74, 6) is 0. The fourth-order valence-corrected chi connectivity index (χ4v) is 1.87. The van der Waals surface area contributed by atoms with Crippen LogP contribution in [0, 0.1) is 0 Å². The molecule has 0 aromatic carbocycles. The van der Waals surface area contributed by atoms with E-state index < -0.39 is 0 Å². The molecule has 0 radical (unpaired) electrons. The number of hydrogen-bond donors (Lipinski definition) is 2. The van der Waals surface area contributed by atoms with Crippen molar-refractivity contribution >= 4 is 29.2 Å². The molecule has 0 aliphatic carbocycles. The Kier molecular flexibility index (Phi) is 3.16. The Bertz CT molecular complexity index is 161. The van der Waals surface area contributed by atoms with Gasteiger partial charge in [-0.1, -0.05) is 12.2 Å². The first-order chi connectivity index (χ1) is 5.13. The minimum Gasteiger partial charge on any atom is -0.352 e. The number of thiol groups is 1. The SMILES string of the molecule is C[C@@H]1NCCN(C(=S)S)[C@@H]1C. The van der Waals surface area contributed by atoms with Gasteiger partial charge in [-0.15, -0.1) is 12.6 Å². The Balaban J connectivity index is 2.58. The summed E-state index contributed by atoms with van der Waals surface area (Å²) in [5.41, 5.74) is 0. The highest BCUT2D eigenvalue weighted by Crippen LogP contribution is 2.10. The highest BCUT2D eigenvalue weighted by atomic mass is 32.1. The number of thiocarbonyl (C=S) groups is 1. The zero-order chi connectivity index (χ0) is 8.43. The predicted molar refractivity (Wildman–Crippen MR) is 55.2 cm³/mol. The monoisotopic (exact) mass is 190 g/mol. The molecule has 0 saturated carbocycles. The van der Waals surface area contributed by atoms with Gasteiger partial charge in [-0.2, -0.15) is 0 Å². The van der Waals surface area contributed by atoms with Gasteiger partial charge in [-0.3, -0.25) is 0 Å². The molecule has 1 aliphatic heterocycles. The Hall–Kier alpha value is 0.200. The Labute approximate surface area is 78.7 Å². The highest BCUT2D eigenvalue weighted by molar-refractivity contribution is 8.10. The minimum absolute atomic E-state index is 0.466. The average Bonchev–Trinajstić information content (AvgIpc) is 1.94. The number of nitrogens with one attached hydrogen (secondary N) is 1. The Morgan fingerprint density at radius 2 is 2.27 bits per heavy atom. The lowest BCUT2D eigenvalue weighted by Crippen LogP contribution is -2.55. The maximum atomic E-state index is 5.01. The van der Waals surface area contributed by atoms with Crippen LogP contribution in [0.3, 0.4) is 0 Å². The number of hydrogen-bond acceptors (Lipinski definition) is 2. The number of nitrogens with zero attached hydrogens (tertiary/aromatic N) is 1. The Morgan fingerprint density at radius 1 is 1.64 bits per heavy atom. The molecule has 1 saturated heterocycles. The standard InChI is InChI=1S/C7H14N2S2/c1-5-6(2)9(7(10)11)4-3-8-5/h5-6,8H,3-4H2,1-2H3,(H,10,11)/t5-,6+/m0/s1. The molecule has 1 aliphatic rings. The third-order valence-electron chi connectivity index (χ3n) is 2.28. The summed E-state index contributed by atoms with van der Waals surface area (Å²) in [7, 11) is 0. The van der Waals surface area contributed by atoms with Crippen LogP contribution < -0.4 is 5.32 Å². The molecule has 1 N–H and O–H groups in total. The molecule has 0 aromatic rings. The van der Waals surface area contributed by atoms with Gasteiger partial charge in [0.15, 0.2) is 0 Å². The molecule has 1 rings (SSSR count). The fraction of sp³-hybridized carbons (Fsp3) is 0.857. The third kappa shape index (κ3) is 2.07. The van der Waals surface area contributed by atoms with Crippen molar-refractivity contribution in [2.75, 3.05) is 13.1 Å². The van der Waals surface area contributed by atoms with Gasteiger partial charge in [-0.05, 0) is 13.8 Å². The van der Waals surface area contributed by atoms with Crippen LogP contribution >= 0.6 is 24.8 Å². The minimum atomic E-state index is 0.466. The lowest BCUT2D eigenvalue weighted by Gasteiger charge is -2.39. The lowest BCUT2D eigenvalue weighted by molar-refractivity contribution is 0.229. The summed E-state index contributed by atoms with van der Waals surface area (Å²) in [6, 6.07) is 0.975. The van der Waals surface area contributed by atoms with E-state index in [-0.39, 0.29) is 0 Å². The molecular formula is C7H14N2S2. The van der Waals surface area contributed by atoms with Gasteiger partial charge in [0.2, 0.25) is 0 Å². The van der Waals surface area contributed by atoms with E-state index in [2.05, 4.69) is 36.7 Å². The van der Waals surface area contributed by atoms with Crippen molar-refractivity contribution in [2.24, 2.45) is 0 Å². The zero-order valence-corrected chi connectivity index (χ0v) is 8.58. The topological polar surface area (TPSA) is 15.3 Å². The van der Waals surface area contributed by atoms with Gasteiger partial charge in [0.05, 0.1) is 0 Å². The summed E-state index contributed by atoms with van der Waals surface area (Å²) in [6.07, 6.45) is 0. The molecule has 0 aromatic heterocycles. The van der Waals surface area contributed by atoms with Crippen LogP contribution in [0.5, 0.6) is 0 Å². The van der Waals surface area contributed by atoms with Crippen LogP contribution in [0.1, 0.15) is 13.8 Å². The Morgan fingerprint density at radius 3 is 2.73 bits per heavy atom. The van der Waals surface area contributed by atoms with Crippen molar-refractivity contribution in [3.8, 4) is 0 Å². The maximum absolute atomic E-state index is 5.01. The highest BCUT2D eigenvalue weighted by Gasteiger charge is 2.24. The van der Waals surface area contributed by atoms with E-state index in [0.29, 0.717) is 16.4 Å². The van der Waals surface area contributed by atoms with E-state index in [4.69, 9.17) is 12.2 Å². The van der Waals surface area contributed by atoms with Gasteiger partial charge < -0.3 is 10.2 Å². The van der Waals surface area contributed by atoms with Crippen LogP contribution in [-0.4, -0.2) is 34.4 Å². The van der Waals surface area contributed by atoms with Crippen LogP contribution in [-0.2, 0) is 0 Å². The van der Waals surface area contributed by atoms with Crippen molar-refractivity contribution in [2.45, 2.75) is 25.9 Å². The second kappa shape index (κ2) is 3.74. The van der Waals surface area contributed by atoms with Gasteiger partial charge >= 0.3 is 0 Å². The second-order valence-corrected chi connectivity index (χ2v) is 4.07. The molecule has 0 amide bonds. The van der Waals surface area contributed by atoms with Gasteiger partial charge in [0.1, 0.15) is 4.32 Å². The van der Waals surface area contributed by atoms with Crippen LogP contribution in [0.15, 0.2) is 0 Å². The lowest BCUT2D eigenvalue weighted by atomic mass is 10.1. The van der Waals surface area contributed by atoms with Crippen molar-refractivity contribution in [1.29, 1.82) is 0 Å². The quantitative estimate of drug-likeness (QED) is 0.436. The molecule has 11 heavy (non-hydrogen) atoms. The zero-order valence-electron chi connectivity index (χ0n) is 6.87. The van der Waals surface area contributed by atoms with E-state index in [1.165, 1.54) is 0 Å². The van der Waals surface area contributed by atoms with Crippen LogP contribution in [0.2, 0.25) is 0 Å². The number of rotatable bonds is 0. The summed E-state index contributed by atoms with van der Waals surface area (Å²) in [6.45, 7) is 6.32. The normalized spacial score (nSPS) is 32.1. The summed E-state index contributed by atoms with van der Waals surface area (Å²) in [5, 5.41) is 3.38. The molecule has 1 heterocycles. The summed E-state index contributed by atoms with van der Waals surface area (Å²) < 4.78 is 0.714. The second-order valence-electron chi connectivity index (χ2n) is 2.96. The average molecular weight is 190 g/mol. The maximum Gasteiger partial charge on any atom is 0.133 e. The molecule has 2 nitrogen and oxygen atoms in total. The molecule has 2 atom stereocenters. The van der Waals surface area contributed by atoms with E-state index in [0.717, 1.165) is 13.1 Å². The van der Waals surface area contributed by atoms with E-state index >= 15 is 0 Å². The third-order valence-corrected chi connectivity index (χ3v) is 2.77. The molecule has 0 spiro atoms. The predicted octanol–water partition coefficient (Wildman–Crippen LogP) is 0.883. The van der Waals surface area contributed by atoms with Gasteiger partial charge in [-0.25, -0.2) is 0 Å². The first kappa shape index (κ1) is 9.29. The van der Waals surface area contributed by atoms with E-state index in [1.807, 2.05) is 0 Å². The van der Waals surface area contributed by atoms with Crippen molar-refractivity contribution in [3.63, 3.8) is 0 Å². The smallest absolute Gasteiger partial charge is 0.133 e. The van der Waals surface area contributed by atoms with Crippen LogP contribution in [0.25, 0.3) is 0 Å². The molecule has 0 unspecified atom stereocenters. The van der Waals surface area contributed by atoms with E-state index in [9.17, 15) is 0 Å². The molecule has 64 valence electrons. The van der Waals surface area contributed by atoms with E-state index in [1.54, 1.807) is 0 Å². The van der Waals surface area contributed by atoms with Crippen molar-refractivity contribution in [3.05, 3.63) is 0 Å². The fourth-order valence-electron chi connectivity index (χ4n) is 1.33. The molecular weight excluding hydrogens is 176 g/mol. The van der Waals surface area contributed by atoms with Crippen molar-refractivity contribution in [1.82, 2.24) is 10.2 Å². The summed E-state index contributed by atoms with van der Waals surface area (Å²) in [4.78, 5) is 2.15. The van der Waals surface area contributed by atoms with Crippen LogP contribution in [0.4, 0.5) is 0 Å². The van der Waals surface area contributed by atoms with Gasteiger partial charge in [0, 0.05) is 25.2 Å². The first-order valence-electron chi connectivity index (χ1n) is 3.86. The molecule has 4 heteroatoms. The summed E-state index contributed by atoms with van der Waals surface area (Å²) >= 11 is 9.18. The first-order valence-corrected chi connectivity index (χ1v) is 4.71. The van der Waals surface area contributed by atoms with Gasteiger partial charge in [0.25, 0.3) is 0 Å². The number of piperazine rings is 1. The molecule has 1 fully saturated rings.